The zero-order chi connectivity index (χ0) is 16.1. The standard InChI is InChI=1S/C22H25N2/c1-24-15-14-18-17-10-5-6-11-19(17)23-22(18)21(24)13-7-12-20(24)16-8-3-2-4-9-16/h2-6,8-11,20-21,23H,7,12-15H2,1H3/q+1. The van der Waals surface area contributed by atoms with Crippen LogP contribution in [0.1, 0.15) is 48.2 Å². The average molecular weight is 317 g/mol. The van der Waals surface area contributed by atoms with Gasteiger partial charge in [-0.3, -0.25) is 0 Å². The van der Waals surface area contributed by atoms with Crippen molar-refractivity contribution in [1.82, 2.24) is 4.98 Å². The summed E-state index contributed by atoms with van der Waals surface area (Å²) in [7, 11) is 2.50. The van der Waals surface area contributed by atoms with Crippen LogP contribution in [-0.4, -0.2) is 23.1 Å². The Hall–Kier alpha value is -2.06. The molecule has 3 atom stereocenters. The molecular weight excluding hydrogens is 292 g/mol. The quantitative estimate of drug-likeness (QED) is 0.598. The second-order valence-corrected chi connectivity index (χ2v) is 7.76. The zero-order valence-electron chi connectivity index (χ0n) is 14.3. The lowest BCUT2D eigenvalue weighted by Gasteiger charge is -2.52. The summed E-state index contributed by atoms with van der Waals surface area (Å²) in [6, 6.07) is 21.3. The van der Waals surface area contributed by atoms with Gasteiger partial charge in [-0.25, -0.2) is 0 Å². The molecule has 1 saturated heterocycles. The number of nitrogens with zero attached hydrogens (tertiary/aromatic N) is 1. The van der Waals surface area contributed by atoms with Crippen molar-refractivity contribution in [2.24, 2.45) is 0 Å². The summed E-state index contributed by atoms with van der Waals surface area (Å²) in [6.45, 7) is 1.25. The van der Waals surface area contributed by atoms with Crippen LogP contribution in [0.3, 0.4) is 0 Å². The first-order chi connectivity index (χ1) is 11.8. The van der Waals surface area contributed by atoms with Crippen molar-refractivity contribution < 1.29 is 4.48 Å². The van der Waals surface area contributed by atoms with Gasteiger partial charge in [0.2, 0.25) is 0 Å². The Bertz CT molecular complexity index is 879. The third-order valence-corrected chi connectivity index (χ3v) is 6.59. The molecule has 3 aromatic rings. The second kappa shape index (κ2) is 5.22. The van der Waals surface area contributed by atoms with E-state index in [9.17, 15) is 0 Å². The van der Waals surface area contributed by atoms with Crippen molar-refractivity contribution in [1.29, 1.82) is 0 Å². The molecule has 2 aromatic carbocycles. The Kier molecular flexibility index (Phi) is 3.11. The molecule has 1 fully saturated rings. The van der Waals surface area contributed by atoms with Crippen molar-refractivity contribution >= 4 is 10.9 Å². The number of piperidine rings is 1. The average Bonchev–Trinajstić information content (AvgIpc) is 3.00. The first kappa shape index (κ1) is 14.3. The molecule has 0 radical (unpaired) electrons. The van der Waals surface area contributed by atoms with Gasteiger partial charge in [-0.1, -0.05) is 48.5 Å². The smallest absolute Gasteiger partial charge is 0.130 e. The molecule has 0 saturated carbocycles. The van der Waals surface area contributed by atoms with Crippen LogP contribution >= 0.6 is 0 Å². The fourth-order valence-electron chi connectivity index (χ4n) is 5.37. The molecule has 122 valence electrons. The van der Waals surface area contributed by atoms with E-state index < -0.39 is 0 Å². The topological polar surface area (TPSA) is 15.8 Å². The van der Waals surface area contributed by atoms with Crippen LogP contribution in [0.25, 0.3) is 10.9 Å². The van der Waals surface area contributed by atoms with Crippen LogP contribution in [-0.2, 0) is 6.42 Å². The molecule has 0 bridgehead atoms. The molecule has 0 spiro atoms. The molecule has 2 aliphatic rings. The van der Waals surface area contributed by atoms with Crippen LogP contribution < -0.4 is 0 Å². The van der Waals surface area contributed by atoms with E-state index in [4.69, 9.17) is 0 Å². The molecule has 1 aromatic heterocycles. The summed E-state index contributed by atoms with van der Waals surface area (Å²) in [4.78, 5) is 3.80. The van der Waals surface area contributed by atoms with Gasteiger partial charge in [0.25, 0.3) is 0 Å². The number of nitrogens with one attached hydrogen (secondary N) is 1. The van der Waals surface area contributed by atoms with Crippen LogP contribution in [0, 0.1) is 0 Å². The van der Waals surface area contributed by atoms with Gasteiger partial charge < -0.3 is 9.47 Å². The molecule has 24 heavy (non-hydrogen) atoms. The largest absolute Gasteiger partial charge is 0.353 e. The molecule has 2 heteroatoms. The number of H-pyrrole nitrogens is 1. The number of hydrogen-bond acceptors (Lipinski definition) is 0. The van der Waals surface area contributed by atoms with Crippen LogP contribution in [0.15, 0.2) is 54.6 Å². The minimum absolute atomic E-state index is 0.611. The number of fused-ring (bicyclic) bond motifs is 5. The molecule has 1 N–H and O–H groups in total. The number of aromatic amines is 1. The molecule has 3 unspecified atom stereocenters. The monoisotopic (exact) mass is 317 g/mol. The number of aromatic nitrogens is 1. The van der Waals surface area contributed by atoms with E-state index >= 15 is 0 Å². The summed E-state index contributed by atoms with van der Waals surface area (Å²) in [5.41, 5.74) is 5.94. The van der Waals surface area contributed by atoms with E-state index in [1.54, 1.807) is 5.56 Å². The van der Waals surface area contributed by atoms with Crippen molar-refractivity contribution in [3.8, 4) is 0 Å². The van der Waals surface area contributed by atoms with E-state index in [2.05, 4.69) is 66.6 Å². The van der Waals surface area contributed by atoms with Crippen LogP contribution in [0.4, 0.5) is 0 Å². The minimum Gasteiger partial charge on any atom is -0.353 e. The third kappa shape index (κ3) is 1.93. The predicted molar refractivity (Wildman–Crippen MR) is 98.8 cm³/mol. The lowest BCUT2D eigenvalue weighted by Crippen LogP contribution is -2.55. The maximum Gasteiger partial charge on any atom is 0.130 e. The number of hydrogen-bond donors (Lipinski definition) is 1. The van der Waals surface area contributed by atoms with E-state index in [-0.39, 0.29) is 0 Å². The fraction of sp³-hybridized carbons (Fsp3) is 0.364. The van der Waals surface area contributed by atoms with Crippen LogP contribution in [0.2, 0.25) is 0 Å². The van der Waals surface area contributed by atoms with Crippen molar-refractivity contribution in [2.75, 3.05) is 13.6 Å². The highest BCUT2D eigenvalue weighted by atomic mass is 15.4. The summed E-state index contributed by atoms with van der Waals surface area (Å²) in [6.07, 6.45) is 5.13. The van der Waals surface area contributed by atoms with Gasteiger partial charge in [0.15, 0.2) is 0 Å². The van der Waals surface area contributed by atoms with E-state index in [0.29, 0.717) is 12.1 Å². The lowest BCUT2D eigenvalue weighted by atomic mass is 9.82. The van der Waals surface area contributed by atoms with Gasteiger partial charge in [-0.15, -0.1) is 0 Å². The normalized spacial score (nSPS) is 29.2. The first-order valence-corrected chi connectivity index (χ1v) is 9.27. The summed E-state index contributed by atoms with van der Waals surface area (Å²) >= 11 is 0. The van der Waals surface area contributed by atoms with E-state index in [1.807, 2.05) is 0 Å². The molecular formula is C22H25N2+. The molecule has 3 heterocycles. The fourth-order valence-corrected chi connectivity index (χ4v) is 5.37. The SMILES string of the molecule is C[N+]12CCc3c([nH]c4ccccc34)C1CCCC2c1ccccc1. The summed E-state index contributed by atoms with van der Waals surface area (Å²) < 4.78 is 1.17. The predicted octanol–water partition coefficient (Wildman–Crippen LogP) is 5.14. The van der Waals surface area contributed by atoms with Gasteiger partial charge in [0.1, 0.15) is 12.1 Å². The van der Waals surface area contributed by atoms with Gasteiger partial charge >= 0.3 is 0 Å². The Morgan fingerprint density at radius 1 is 0.917 bits per heavy atom. The van der Waals surface area contributed by atoms with Crippen LogP contribution in [0.5, 0.6) is 0 Å². The third-order valence-electron chi connectivity index (χ3n) is 6.59. The Labute approximate surface area is 143 Å². The van der Waals surface area contributed by atoms with Gasteiger partial charge in [0, 0.05) is 35.7 Å². The molecule has 0 aliphatic carbocycles. The zero-order valence-corrected chi connectivity index (χ0v) is 14.3. The van der Waals surface area contributed by atoms with E-state index in [0.717, 1.165) is 0 Å². The highest BCUT2D eigenvalue weighted by Crippen LogP contribution is 2.50. The first-order valence-electron chi connectivity index (χ1n) is 9.27. The molecule has 2 aliphatic heterocycles. The number of benzene rings is 2. The Balaban J connectivity index is 1.64. The molecule has 5 rings (SSSR count). The minimum atomic E-state index is 0.611. The number of rotatable bonds is 1. The maximum absolute atomic E-state index is 3.80. The van der Waals surface area contributed by atoms with E-state index in [1.165, 1.54) is 58.9 Å². The Morgan fingerprint density at radius 2 is 1.67 bits per heavy atom. The Morgan fingerprint density at radius 3 is 2.54 bits per heavy atom. The number of likely N-dealkylation sites (N-methyl/N-ethyl adjacent to an activating group) is 1. The molecule has 2 nitrogen and oxygen atoms in total. The number of quaternary nitrogens is 1. The van der Waals surface area contributed by atoms with Gasteiger partial charge in [-0.05, 0) is 18.1 Å². The summed E-state index contributed by atoms with van der Waals surface area (Å²) in [5.74, 6) is 0. The number of para-hydroxylation sites is 1. The molecule has 0 amide bonds. The lowest BCUT2D eigenvalue weighted by molar-refractivity contribution is -0.975. The summed E-state index contributed by atoms with van der Waals surface area (Å²) in [5, 5.41) is 1.44. The van der Waals surface area contributed by atoms with Gasteiger partial charge in [-0.2, -0.15) is 0 Å². The second-order valence-electron chi connectivity index (χ2n) is 7.76. The highest BCUT2D eigenvalue weighted by Gasteiger charge is 2.48. The van der Waals surface area contributed by atoms with Crippen molar-refractivity contribution in [3.05, 3.63) is 71.4 Å². The van der Waals surface area contributed by atoms with Crippen molar-refractivity contribution in [3.63, 3.8) is 0 Å². The maximum atomic E-state index is 3.80. The van der Waals surface area contributed by atoms with Gasteiger partial charge in [0.05, 0.1) is 19.3 Å². The highest BCUT2D eigenvalue weighted by molar-refractivity contribution is 5.85. The van der Waals surface area contributed by atoms with Crippen molar-refractivity contribution in [2.45, 2.75) is 37.8 Å².